The highest BCUT2D eigenvalue weighted by atomic mass is 31.2. The van der Waals surface area contributed by atoms with Crippen molar-refractivity contribution in [1.82, 2.24) is 0 Å². The van der Waals surface area contributed by atoms with Crippen LogP contribution in [-0.2, 0) is 32.7 Å². The topological polar surface area (TPSA) is 134 Å². The number of unbranched alkanes of at least 4 members (excludes halogenated alkanes) is 26. The van der Waals surface area contributed by atoms with Crippen LogP contribution in [0.5, 0.6) is 0 Å². The maximum atomic E-state index is 12.7. The highest BCUT2D eigenvalue weighted by Crippen LogP contribution is 2.43. The molecule has 0 radical (unpaired) electrons. The van der Waals surface area contributed by atoms with Gasteiger partial charge in [-0.25, -0.2) is 4.57 Å². The van der Waals surface area contributed by atoms with Gasteiger partial charge in [0.2, 0.25) is 0 Å². The summed E-state index contributed by atoms with van der Waals surface area (Å²) in [5, 5.41) is 0. The van der Waals surface area contributed by atoms with Crippen LogP contribution < -0.4 is 5.73 Å². The Morgan fingerprint density at radius 3 is 1.17 bits per heavy atom. The summed E-state index contributed by atoms with van der Waals surface area (Å²) >= 11 is 0. The van der Waals surface area contributed by atoms with E-state index in [1.807, 2.05) is 0 Å². The summed E-state index contributed by atoms with van der Waals surface area (Å²) in [6.45, 7) is 3.62. The van der Waals surface area contributed by atoms with E-state index < -0.39 is 26.5 Å². The summed E-state index contributed by atoms with van der Waals surface area (Å²) in [6, 6.07) is 0. The first kappa shape index (κ1) is 67.2. The summed E-state index contributed by atoms with van der Waals surface area (Å²) in [6.07, 6.45) is 72.4. The largest absolute Gasteiger partial charge is 0.472 e. The molecule has 0 aromatic carbocycles. The molecule has 0 aliphatic heterocycles. The van der Waals surface area contributed by atoms with Crippen molar-refractivity contribution < 1.29 is 37.6 Å². The molecule has 0 aliphatic rings. The molecule has 70 heavy (non-hydrogen) atoms. The minimum atomic E-state index is -4.38. The van der Waals surface area contributed by atoms with Gasteiger partial charge in [0.25, 0.3) is 0 Å². The highest BCUT2D eigenvalue weighted by Gasteiger charge is 2.26. The zero-order valence-electron chi connectivity index (χ0n) is 45.0. The van der Waals surface area contributed by atoms with Crippen molar-refractivity contribution in [2.75, 3.05) is 26.4 Å². The monoisotopic (exact) mass is 1000 g/mol. The van der Waals surface area contributed by atoms with Gasteiger partial charge < -0.3 is 20.1 Å². The van der Waals surface area contributed by atoms with Gasteiger partial charge in [-0.2, -0.15) is 0 Å². The van der Waals surface area contributed by atoms with E-state index in [0.717, 1.165) is 83.5 Å². The van der Waals surface area contributed by atoms with Gasteiger partial charge in [0.1, 0.15) is 6.61 Å². The van der Waals surface area contributed by atoms with Gasteiger partial charge in [-0.15, -0.1) is 0 Å². The van der Waals surface area contributed by atoms with Crippen LogP contribution in [0.25, 0.3) is 0 Å². The fraction of sp³-hybridized carbons (Fsp3) is 0.733. The number of rotatable bonds is 53. The number of carbonyl (C=O) groups excluding carboxylic acids is 2. The van der Waals surface area contributed by atoms with Crippen LogP contribution in [0.15, 0.2) is 85.1 Å². The van der Waals surface area contributed by atoms with Gasteiger partial charge in [0.05, 0.1) is 13.2 Å². The van der Waals surface area contributed by atoms with Crippen molar-refractivity contribution in [3.8, 4) is 0 Å². The molecule has 0 saturated carbocycles. The van der Waals surface area contributed by atoms with Crippen LogP contribution in [0.4, 0.5) is 0 Å². The summed E-state index contributed by atoms with van der Waals surface area (Å²) in [5.41, 5.74) is 5.36. The number of phosphoric ester groups is 1. The zero-order chi connectivity index (χ0) is 51.0. The van der Waals surface area contributed by atoms with E-state index in [9.17, 15) is 19.0 Å². The van der Waals surface area contributed by atoms with E-state index in [1.54, 1.807) is 0 Å². The van der Waals surface area contributed by atoms with Crippen LogP contribution in [-0.4, -0.2) is 49.3 Å². The second-order valence-electron chi connectivity index (χ2n) is 18.8. The predicted molar refractivity (Wildman–Crippen MR) is 298 cm³/mol. The van der Waals surface area contributed by atoms with E-state index in [1.165, 1.54) is 135 Å². The average molecular weight is 1000 g/mol. The average Bonchev–Trinajstić information content (AvgIpc) is 3.35. The Bertz CT molecular complexity index is 1420. The number of nitrogens with two attached hydrogens (primary N) is 1. The normalized spacial score (nSPS) is 13.7. The molecular formula is C60H106NO8P. The lowest BCUT2D eigenvalue weighted by Crippen LogP contribution is -2.29. The van der Waals surface area contributed by atoms with Crippen molar-refractivity contribution in [2.24, 2.45) is 5.73 Å². The predicted octanol–water partition coefficient (Wildman–Crippen LogP) is 17.9. The maximum Gasteiger partial charge on any atom is 0.472 e. The van der Waals surface area contributed by atoms with Gasteiger partial charge in [0, 0.05) is 19.4 Å². The Kier molecular flexibility index (Phi) is 53.3. The third kappa shape index (κ3) is 54.5. The first-order valence-corrected chi connectivity index (χ1v) is 30.1. The lowest BCUT2D eigenvalue weighted by Gasteiger charge is -2.19. The molecule has 0 saturated heterocycles. The molecular weight excluding hydrogens is 894 g/mol. The quantitative estimate of drug-likeness (QED) is 0.0264. The standard InChI is InChI=1S/C60H106NO8P/c1-3-5-7-9-11-13-15-16-17-18-19-20-21-22-23-24-25-26-27-28-29-30-31-32-33-34-35-36-37-38-39-40-41-42-43-45-47-49-51-53-60(63)69-58(57-68-70(64,65)67-55-54-61)56-66-59(62)52-50-48-46-44-14-12-10-8-6-4-2/h5,7,11,13,16-17,19-20,22-23,25-26,28-29,58H,3-4,6,8-10,12,14-15,18,21,24,27,30-57,61H2,1-2H3,(H,64,65)/b7-5-,13-11-,17-16-,20-19-,23-22-,26-25-,29-28-. The van der Waals surface area contributed by atoms with Gasteiger partial charge in [-0.3, -0.25) is 18.6 Å². The molecule has 3 N–H and O–H groups in total. The van der Waals surface area contributed by atoms with Gasteiger partial charge >= 0.3 is 19.8 Å². The third-order valence-corrected chi connectivity index (χ3v) is 13.0. The first-order chi connectivity index (χ1) is 34.3. The summed E-state index contributed by atoms with van der Waals surface area (Å²) in [4.78, 5) is 35.0. The number of allylic oxidation sites excluding steroid dienone is 14. The van der Waals surface area contributed by atoms with Crippen LogP contribution >= 0.6 is 7.82 Å². The minimum Gasteiger partial charge on any atom is -0.462 e. The van der Waals surface area contributed by atoms with E-state index in [4.69, 9.17) is 24.3 Å². The van der Waals surface area contributed by atoms with E-state index >= 15 is 0 Å². The molecule has 0 aliphatic carbocycles. The van der Waals surface area contributed by atoms with Crippen molar-refractivity contribution in [3.05, 3.63) is 85.1 Å². The highest BCUT2D eigenvalue weighted by molar-refractivity contribution is 7.47. The van der Waals surface area contributed by atoms with Crippen molar-refractivity contribution in [3.63, 3.8) is 0 Å². The van der Waals surface area contributed by atoms with E-state index in [2.05, 4.69) is 98.9 Å². The SMILES string of the molecule is CC/C=C\C/C=C\C/C=C\C/C=C\C/C=C\C/C=C\C/C=C\CCCCCCCCCCCCCCCCCCCC(=O)OC(COC(=O)CCCCCCCCCCCC)COP(=O)(O)OCCN. The van der Waals surface area contributed by atoms with Crippen molar-refractivity contribution in [2.45, 2.75) is 258 Å². The molecule has 2 atom stereocenters. The number of phosphoric acid groups is 1. The first-order valence-electron chi connectivity index (χ1n) is 28.6. The number of hydrogen-bond donors (Lipinski definition) is 2. The summed E-state index contributed by atoms with van der Waals surface area (Å²) in [7, 11) is -4.38. The summed E-state index contributed by atoms with van der Waals surface area (Å²) in [5.74, 6) is -0.824. The van der Waals surface area contributed by atoms with Crippen molar-refractivity contribution in [1.29, 1.82) is 0 Å². The second kappa shape index (κ2) is 55.5. The Morgan fingerprint density at radius 2 is 0.786 bits per heavy atom. The Balaban J connectivity index is 3.81. The molecule has 404 valence electrons. The molecule has 2 unspecified atom stereocenters. The summed E-state index contributed by atoms with van der Waals surface area (Å²) < 4.78 is 32.9. The van der Waals surface area contributed by atoms with E-state index in [-0.39, 0.29) is 38.6 Å². The molecule has 0 fully saturated rings. The number of ether oxygens (including phenoxy) is 2. The van der Waals surface area contributed by atoms with Gasteiger partial charge in [-0.05, 0) is 70.6 Å². The van der Waals surface area contributed by atoms with Gasteiger partial charge in [0.15, 0.2) is 6.10 Å². The fourth-order valence-corrected chi connectivity index (χ4v) is 8.62. The maximum absolute atomic E-state index is 12.7. The third-order valence-electron chi connectivity index (χ3n) is 12.0. The lowest BCUT2D eigenvalue weighted by molar-refractivity contribution is -0.161. The van der Waals surface area contributed by atoms with Crippen LogP contribution in [0.3, 0.4) is 0 Å². The number of carbonyl (C=O) groups is 2. The molecule has 0 heterocycles. The molecule has 0 aromatic rings. The number of esters is 2. The Morgan fingerprint density at radius 1 is 0.443 bits per heavy atom. The molecule has 0 spiro atoms. The lowest BCUT2D eigenvalue weighted by atomic mass is 10.0. The minimum absolute atomic E-state index is 0.0531. The molecule has 9 nitrogen and oxygen atoms in total. The van der Waals surface area contributed by atoms with Crippen LogP contribution in [0.2, 0.25) is 0 Å². The van der Waals surface area contributed by atoms with Crippen molar-refractivity contribution >= 4 is 19.8 Å². The smallest absolute Gasteiger partial charge is 0.462 e. The van der Waals surface area contributed by atoms with Crippen LogP contribution in [0, 0.1) is 0 Å². The zero-order valence-corrected chi connectivity index (χ0v) is 45.9. The molecule has 0 aromatic heterocycles. The molecule has 10 heteroatoms. The van der Waals surface area contributed by atoms with Crippen LogP contribution in [0.1, 0.15) is 251 Å². The fourth-order valence-electron chi connectivity index (χ4n) is 7.85. The molecule has 0 bridgehead atoms. The number of hydrogen-bond acceptors (Lipinski definition) is 8. The second-order valence-corrected chi connectivity index (χ2v) is 20.2. The van der Waals surface area contributed by atoms with Gasteiger partial charge in [-0.1, -0.05) is 253 Å². The Hall–Kier alpha value is -2.81. The molecule has 0 rings (SSSR count). The Labute approximate surface area is 430 Å². The van der Waals surface area contributed by atoms with E-state index in [0.29, 0.717) is 6.42 Å². The molecule has 0 amide bonds.